The highest BCUT2D eigenvalue weighted by molar-refractivity contribution is 5.80. The lowest BCUT2D eigenvalue weighted by molar-refractivity contribution is 0.364. The molecule has 0 atom stereocenters. The summed E-state index contributed by atoms with van der Waals surface area (Å²) in [6.45, 7) is 4.92. The highest BCUT2D eigenvalue weighted by Gasteiger charge is 2.42. The molecule has 0 unspecified atom stereocenters. The summed E-state index contributed by atoms with van der Waals surface area (Å²) in [6.07, 6.45) is 5.63. The number of aliphatic imine (C=N–C) groups is 1. The number of piperazine rings is 1. The second kappa shape index (κ2) is 7.99. The average molecular weight is 364 g/mol. The van der Waals surface area contributed by atoms with E-state index in [-0.39, 0.29) is 0 Å². The Morgan fingerprint density at radius 2 is 1.78 bits per heavy atom. The largest absolute Gasteiger partial charge is 0.356 e. The van der Waals surface area contributed by atoms with E-state index in [0.29, 0.717) is 5.41 Å². The minimum Gasteiger partial charge on any atom is -0.356 e. The van der Waals surface area contributed by atoms with Crippen LogP contribution < -0.4 is 10.2 Å². The first-order valence-electron chi connectivity index (χ1n) is 9.94. The fraction of sp³-hybridized carbons (Fsp3) is 0.455. The summed E-state index contributed by atoms with van der Waals surface area (Å²) < 4.78 is 0. The van der Waals surface area contributed by atoms with Gasteiger partial charge in [0.2, 0.25) is 0 Å². The predicted molar refractivity (Wildman–Crippen MR) is 111 cm³/mol. The molecule has 2 heterocycles. The van der Waals surface area contributed by atoms with E-state index in [2.05, 4.69) is 67.6 Å². The van der Waals surface area contributed by atoms with Crippen LogP contribution in [0, 0.1) is 5.41 Å². The Labute approximate surface area is 162 Å². The van der Waals surface area contributed by atoms with E-state index in [4.69, 9.17) is 0 Å². The Hall–Kier alpha value is -2.56. The minimum absolute atomic E-state index is 0.410. The zero-order valence-electron chi connectivity index (χ0n) is 16.1. The number of aromatic nitrogens is 1. The van der Waals surface area contributed by atoms with Crippen LogP contribution >= 0.6 is 0 Å². The van der Waals surface area contributed by atoms with Gasteiger partial charge in [-0.25, -0.2) is 4.98 Å². The molecule has 1 aromatic carbocycles. The molecule has 1 saturated carbocycles. The first-order valence-corrected chi connectivity index (χ1v) is 9.94. The third kappa shape index (κ3) is 4.41. The third-order valence-electron chi connectivity index (χ3n) is 5.76. The number of benzene rings is 1. The van der Waals surface area contributed by atoms with Crippen LogP contribution in [0.5, 0.6) is 0 Å². The van der Waals surface area contributed by atoms with Crippen molar-refractivity contribution in [1.29, 1.82) is 0 Å². The highest BCUT2D eigenvalue weighted by atomic mass is 15.4. The number of nitrogens with zero attached hydrogens (tertiary/aromatic N) is 4. The number of nitrogens with one attached hydrogen (secondary N) is 1. The fourth-order valence-corrected chi connectivity index (χ4v) is 3.91. The van der Waals surface area contributed by atoms with Gasteiger partial charge in [0.1, 0.15) is 5.82 Å². The van der Waals surface area contributed by atoms with E-state index in [1.54, 1.807) is 0 Å². The molecular weight excluding hydrogens is 334 g/mol. The quantitative estimate of drug-likeness (QED) is 0.655. The van der Waals surface area contributed by atoms with Crippen molar-refractivity contribution in [3.05, 3.63) is 60.3 Å². The molecule has 4 rings (SSSR count). The SMILES string of the molecule is CN=C(NCC1(Cc2ccccc2)CC1)N1CCN(c2ccccn2)CC1. The standard InChI is InChI=1S/C22H29N5/c1-23-21(25-18-22(10-11-22)17-19-7-3-2-4-8-19)27-15-13-26(14-16-27)20-9-5-6-12-24-20/h2-9,12H,10-11,13-18H2,1H3,(H,23,25). The molecule has 1 saturated heterocycles. The molecule has 0 bridgehead atoms. The van der Waals surface area contributed by atoms with E-state index in [0.717, 1.165) is 50.9 Å². The summed E-state index contributed by atoms with van der Waals surface area (Å²) in [4.78, 5) is 13.7. The van der Waals surface area contributed by atoms with Crippen molar-refractivity contribution in [1.82, 2.24) is 15.2 Å². The molecule has 1 aliphatic heterocycles. The molecule has 5 nitrogen and oxygen atoms in total. The van der Waals surface area contributed by atoms with Gasteiger partial charge in [-0.2, -0.15) is 0 Å². The average Bonchev–Trinajstić information content (AvgIpc) is 3.50. The molecule has 2 fully saturated rings. The number of hydrogen-bond acceptors (Lipinski definition) is 3. The van der Waals surface area contributed by atoms with Crippen molar-refractivity contribution in [2.24, 2.45) is 10.4 Å². The van der Waals surface area contributed by atoms with Crippen molar-refractivity contribution < 1.29 is 0 Å². The normalized spacial score (nSPS) is 19.1. The summed E-state index contributed by atoms with van der Waals surface area (Å²) in [7, 11) is 1.89. The number of anilines is 1. The summed E-state index contributed by atoms with van der Waals surface area (Å²) in [5.74, 6) is 2.11. The lowest BCUT2D eigenvalue weighted by atomic mass is 9.96. The maximum atomic E-state index is 4.54. The van der Waals surface area contributed by atoms with Crippen molar-refractivity contribution in [2.75, 3.05) is 44.7 Å². The first-order chi connectivity index (χ1) is 13.3. The molecule has 1 aromatic heterocycles. The van der Waals surface area contributed by atoms with Gasteiger partial charge in [0.05, 0.1) is 0 Å². The Bertz CT molecular complexity index is 747. The smallest absolute Gasteiger partial charge is 0.193 e. The molecule has 5 heteroatoms. The minimum atomic E-state index is 0.410. The van der Waals surface area contributed by atoms with Crippen LogP contribution in [0.15, 0.2) is 59.7 Å². The van der Waals surface area contributed by atoms with Gasteiger partial charge in [-0.3, -0.25) is 4.99 Å². The van der Waals surface area contributed by atoms with Gasteiger partial charge in [-0.1, -0.05) is 36.4 Å². The van der Waals surface area contributed by atoms with Crippen LogP contribution in [0.3, 0.4) is 0 Å². The van der Waals surface area contributed by atoms with Crippen LogP contribution in [-0.4, -0.2) is 55.6 Å². The number of pyridine rings is 1. The maximum Gasteiger partial charge on any atom is 0.193 e. The van der Waals surface area contributed by atoms with Gasteiger partial charge in [0.25, 0.3) is 0 Å². The highest BCUT2D eigenvalue weighted by Crippen LogP contribution is 2.47. The molecular formula is C22H29N5. The van der Waals surface area contributed by atoms with E-state index in [9.17, 15) is 0 Å². The van der Waals surface area contributed by atoms with Gasteiger partial charge in [-0.15, -0.1) is 0 Å². The Morgan fingerprint density at radius 3 is 2.41 bits per heavy atom. The molecule has 2 aliphatic rings. The monoisotopic (exact) mass is 363 g/mol. The molecule has 0 spiro atoms. The third-order valence-corrected chi connectivity index (χ3v) is 5.76. The van der Waals surface area contributed by atoms with E-state index < -0.39 is 0 Å². The Kier molecular flexibility index (Phi) is 5.28. The number of rotatable bonds is 5. The summed E-state index contributed by atoms with van der Waals surface area (Å²) in [5, 5.41) is 3.66. The van der Waals surface area contributed by atoms with Gasteiger partial charge in [0.15, 0.2) is 5.96 Å². The van der Waals surface area contributed by atoms with E-state index in [1.165, 1.54) is 18.4 Å². The lowest BCUT2D eigenvalue weighted by Gasteiger charge is -2.37. The van der Waals surface area contributed by atoms with Crippen LogP contribution in [-0.2, 0) is 6.42 Å². The number of hydrogen-bond donors (Lipinski definition) is 1. The van der Waals surface area contributed by atoms with Crippen LogP contribution in [0.2, 0.25) is 0 Å². The molecule has 1 aliphatic carbocycles. The van der Waals surface area contributed by atoms with E-state index in [1.807, 2.05) is 19.3 Å². The molecule has 0 amide bonds. The lowest BCUT2D eigenvalue weighted by Crippen LogP contribution is -2.53. The van der Waals surface area contributed by atoms with Gasteiger partial charge in [0, 0.05) is 46.0 Å². The topological polar surface area (TPSA) is 43.8 Å². The van der Waals surface area contributed by atoms with Crippen molar-refractivity contribution in [3.63, 3.8) is 0 Å². The zero-order chi connectivity index (χ0) is 18.5. The maximum absolute atomic E-state index is 4.54. The Morgan fingerprint density at radius 1 is 1.04 bits per heavy atom. The second-order valence-corrected chi connectivity index (χ2v) is 7.73. The van der Waals surface area contributed by atoms with Gasteiger partial charge >= 0.3 is 0 Å². The predicted octanol–water partition coefficient (Wildman–Crippen LogP) is 2.80. The van der Waals surface area contributed by atoms with Crippen LogP contribution in [0.25, 0.3) is 0 Å². The van der Waals surface area contributed by atoms with E-state index >= 15 is 0 Å². The van der Waals surface area contributed by atoms with Crippen LogP contribution in [0.1, 0.15) is 18.4 Å². The summed E-state index contributed by atoms with van der Waals surface area (Å²) in [6, 6.07) is 17.0. The van der Waals surface area contributed by atoms with Crippen molar-refractivity contribution in [3.8, 4) is 0 Å². The molecule has 0 radical (unpaired) electrons. The summed E-state index contributed by atoms with van der Waals surface area (Å²) in [5.41, 5.74) is 1.85. The van der Waals surface area contributed by atoms with Gasteiger partial charge in [-0.05, 0) is 42.4 Å². The zero-order valence-corrected chi connectivity index (χ0v) is 16.1. The second-order valence-electron chi connectivity index (χ2n) is 7.73. The summed E-state index contributed by atoms with van der Waals surface area (Å²) >= 11 is 0. The molecule has 142 valence electrons. The molecule has 27 heavy (non-hydrogen) atoms. The first kappa shape index (κ1) is 17.8. The van der Waals surface area contributed by atoms with Crippen LogP contribution in [0.4, 0.5) is 5.82 Å². The Balaban J connectivity index is 1.29. The van der Waals surface area contributed by atoms with Crippen molar-refractivity contribution in [2.45, 2.75) is 19.3 Å². The fourth-order valence-electron chi connectivity index (χ4n) is 3.91. The van der Waals surface area contributed by atoms with Crippen molar-refractivity contribution >= 4 is 11.8 Å². The van der Waals surface area contributed by atoms with Gasteiger partial charge < -0.3 is 15.1 Å². The molecule has 1 N–H and O–H groups in total. The number of guanidine groups is 1. The molecule has 2 aromatic rings.